The molecule has 2 rings (SSSR count). The first-order chi connectivity index (χ1) is 9.48. The summed E-state index contributed by atoms with van der Waals surface area (Å²) in [5.41, 5.74) is 0.546. The summed E-state index contributed by atoms with van der Waals surface area (Å²) in [6.45, 7) is -0.160. The van der Waals surface area contributed by atoms with Crippen LogP contribution in [0.15, 0.2) is 40.6 Å². The number of nitrogens with zero attached hydrogens (tertiary/aromatic N) is 1. The van der Waals surface area contributed by atoms with E-state index in [4.69, 9.17) is 9.84 Å². The van der Waals surface area contributed by atoms with Crippen LogP contribution >= 0.6 is 11.3 Å². The molecule has 0 aliphatic heterocycles. The molecule has 0 spiro atoms. The van der Waals surface area contributed by atoms with Gasteiger partial charge in [0.15, 0.2) is 0 Å². The first kappa shape index (κ1) is 14.8. The van der Waals surface area contributed by atoms with Crippen molar-refractivity contribution in [1.29, 1.82) is 0 Å². The van der Waals surface area contributed by atoms with Crippen molar-refractivity contribution in [3.05, 3.63) is 41.3 Å². The maximum Gasteiger partial charge on any atom is 0.273 e. The monoisotopic (exact) mass is 313 g/mol. The van der Waals surface area contributed by atoms with E-state index < -0.39 is 10.0 Å². The van der Waals surface area contributed by atoms with Gasteiger partial charge in [-0.1, -0.05) is 0 Å². The Morgan fingerprint density at radius 1 is 1.20 bits per heavy atom. The molecule has 1 aromatic heterocycles. The maximum atomic E-state index is 12.4. The summed E-state index contributed by atoms with van der Waals surface area (Å²) >= 11 is 1.07. The summed E-state index contributed by atoms with van der Waals surface area (Å²) in [7, 11) is -0.552. The molecular formula is C13H15NO4S2. The van der Waals surface area contributed by atoms with Crippen molar-refractivity contribution >= 4 is 27.0 Å². The van der Waals surface area contributed by atoms with Crippen molar-refractivity contribution in [2.75, 3.05) is 18.5 Å². The molecule has 1 aromatic carbocycles. The second-order valence-electron chi connectivity index (χ2n) is 4.05. The number of aliphatic hydroxyl groups is 1. The van der Waals surface area contributed by atoms with Gasteiger partial charge in [0.05, 0.1) is 19.4 Å². The molecule has 7 heteroatoms. The van der Waals surface area contributed by atoms with Gasteiger partial charge in [-0.3, -0.25) is 4.31 Å². The highest BCUT2D eigenvalue weighted by Crippen LogP contribution is 2.28. The second-order valence-corrected chi connectivity index (χ2v) is 7.41. The van der Waals surface area contributed by atoms with Gasteiger partial charge in [0, 0.05) is 11.9 Å². The molecule has 5 nitrogen and oxygen atoms in total. The highest BCUT2D eigenvalue weighted by atomic mass is 32.2. The van der Waals surface area contributed by atoms with E-state index in [1.807, 2.05) is 0 Å². The number of benzene rings is 1. The minimum absolute atomic E-state index is 0.160. The third-order valence-electron chi connectivity index (χ3n) is 2.84. The molecule has 1 N–H and O–H groups in total. The Morgan fingerprint density at radius 3 is 2.35 bits per heavy atom. The van der Waals surface area contributed by atoms with E-state index in [-0.39, 0.29) is 10.8 Å². The molecule has 0 saturated carbocycles. The Balaban J connectivity index is 2.32. The quantitative estimate of drug-likeness (QED) is 0.917. The predicted octanol–water partition coefficient (Wildman–Crippen LogP) is 2.07. The molecule has 0 radical (unpaired) electrons. The number of hydrogen-bond acceptors (Lipinski definition) is 5. The molecule has 0 saturated heterocycles. The minimum atomic E-state index is -3.60. The normalized spacial score (nSPS) is 11.3. The van der Waals surface area contributed by atoms with Crippen LogP contribution in [0.4, 0.5) is 5.69 Å². The van der Waals surface area contributed by atoms with E-state index in [9.17, 15) is 8.42 Å². The molecule has 1 heterocycles. The standard InChI is InChI=1S/C13H15NO4S2/c1-14(10-3-5-11(18-2)6-4-10)20(16,17)13-8-7-12(9-15)19-13/h3-8,15H,9H2,1-2H3. The number of thiophene rings is 1. The van der Waals surface area contributed by atoms with Gasteiger partial charge >= 0.3 is 0 Å². The van der Waals surface area contributed by atoms with Gasteiger partial charge in [0.2, 0.25) is 0 Å². The summed E-state index contributed by atoms with van der Waals surface area (Å²) in [5, 5.41) is 9.02. The molecule has 0 atom stereocenters. The fraction of sp³-hybridized carbons (Fsp3) is 0.231. The zero-order valence-corrected chi connectivity index (χ0v) is 12.7. The van der Waals surface area contributed by atoms with E-state index in [1.54, 1.807) is 37.4 Å². The highest BCUT2D eigenvalue weighted by molar-refractivity contribution is 7.94. The van der Waals surface area contributed by atoms with E-state index in [0.717, 1.165) is 11.3 Å². The van der Waals surface area contributed by atoms with Gasteiger partial charge in [-0.15, -0.1) is 11.3 Å². The van der Waals surface area contributed by atoms with Crippen LogP contribution in [-0.4, -0.2) is 27.7 Å². The molecule has 0 fully saturated rings. The lowest BCUT2D eigenvalue weighted by atomic mass is 10.3. The van der Waals surface area contributed by atoms with Gasteiger partial charge in [0.1, 0.15) is 9.96 Å². The van der Waals surface area contributed by atoms with E-state index in [1.165, 1.54) is 17.4 Å². The summed E-state index contributed by atoms with van der Waals surface area (Å²) in [4.78, 5) is 0.617. The number of ether oxygens (including phenoxy) is 1. The first-order valence-corrected chi connectivity index (χ1v) is 8.07. The molecular weight excluding hydrogens is 298 g/mol. The Bertz CT molecular complexity index is 677. The summed E-state index contributed by atoms with van der Waals surface area (Å²) in [6.07, 6.45) is 0. The molecule has 0 aliphatic rings. The first-order valence-electron chi connectivity index (χ1n) is 5.81. The van der Waals surface area contributed by atoms with Crippen LogP contribution < -0.4 is 9.04 Å². The Labute approximate surface area is 122 Å². The molecule has 2 aromatic rings. The van der Waals surface area contributed by atoms with Crippen molar-refractivity contribution in [3.63, 3.8) is 0 Å². The fourth-order valence-electron chi connectivity index (χ4n) is 1.65. The minimum Gasteiger partial charge on any atom is -0.497 e. The summed E-state index contributed by atoms with van der Waals surface area (Å²) in [6, 6.07) is 9.88. The van der Waals surface area contributed by atoms with Crippen LogP contribution in [0.25, 0.3) is 0 Å². The molecule has 0 amide bonds. The van der Waals surface area contributed by atoms with E-state index in [2.05, 4.69) is 0 Å². The molecule has 0 bridgehead atoms. The number of methoxy groups -OCH3 is 1. The fourth-order valence-corrected chi connectivity index (χ4v) is 4.23. The van der Waals surface area contributed by atoms with E-state index >= 15 is 0 Å². The number of rotatable bonds is 5. The van der Waals surface area contributed by atoms with Crippen LogP contribution in [0.3, 0.4) is 0 Å². The zero-order valence-electron chi connectivity index (χ0n) is 11.1. The van der Waals surface area contributed by atoms with Crippen LogP contribution in [0.5, 0.6) is 5.75 Å². The van der Waals surface area contributed by atoms with Crippen molar-refractivity contribution < 1.29 is 18.3 Å². The highest BCUT2D eigenvalue weighted by Gasteiger charge is 2.23. The maximum absolute atomic E-state index is 12.4. The van der Waals surface area contributed by atoms with E-state index in [0.29, 0.717) is 16.3 Å². The molecule has 108 valence electrons. The van der Waals surface area contributed by atoms with Crippen molar-refractivity contribution in [2.24, 2.45) is 0 Å². The third kappa shape index (κ3) is 2.79. The summed E-state index contributed by atoms with van der Waals surface area (Å²) < 4.78 is 31.3. The van der Waals surface area contributed by atoms with Crippen molar-refractivity contribution in [1.82, 2.24) is 0 Å². The molecule has 0 aliphatic carbocycles. The summed E-state index contributed by atoms with van der Waals surface area (Å²) in [5.74, 6) is 0.665. The predicted molar refractivity (Wildman–Crippen MR) is 78.8 cm³/mol. The van der Waals surface area contributed by atoms with Gasteiger partial charge < -0.3 is 9.84 Å². The Hall–Kier alpha value is -1.57. The molecule has 0 unspecified atom stereocenters. The third-order valence-corrected chi connectivity index (χ3v) is 6.17. The van der Waals surface area contributed by atoms with Gasteiger partial charge in [0.25, 0.3) is 10.0 Å². The lowest BCUT2D eigenvalue weighted by molar-refractivity contribution is 0.285. The van der Waals surface area contributed by atoms with Gasteiger partial charge in [-0.2, -0.15) is 0 Å². The van der Waals surface area contributed by atoms with Crippen LogP contribution in [0, 0.1) is 0 Å². The number of aliphatic hydroxyl groups excluding tert-OH is 1. The lowest BCUT2D eigenvalue weighted by Crippen LogP contribution is -2.25. The van der Waals surface area contributed by atoms with Gasteiger partial charge in [-0.25, -0.2) is 8.42 Å². The zero-order chi connectivity index (χ0) is 14.8. The topological polar surface area (TPSA) is 66.8 Å². The van der Waals surface area contributed by atoms with Crippen LogP contribution in [-0.2, 0) is 16.6 Å². The van der Waals surface area contributed by atoms with Crippen molar-refractivity contribution in [2.45, 2.75) is 10.8 Å². The molecule has 20 heavy (non-hydrogen) atoms. The lowest BCUT2D eigenvalue weighted by Gasteiger charge is -2.18. The average molecular weight is 313 g/mol. The Morgan fingerprint density at radius 2 is 1.85 bits per heavy atom. The van der Waals surface area contributed by atoms with Crippen molar-refractivity contribution in [3.8, 4) is 5.75 Å². The SMILES string of the molecule is COc1ccc(N(C)S(=O)(=O)c2ccc(CO)s2)cc1. The average Bonchev–Trinajstić information content (AvgIpc) is 2.96. The largest absolute Gasteiger partial charge is 0.497 e. The number of anilines is 1. The van der Waals surface area contributed by atoms with Gasteiger partial charge in [-0.05, 0) is 36.4 Å². The smallest absolute Gasteiger partial charge is 0.273 e. The number of sulfonamides is 1. The van der Waals surface area contributed by atoms with Crippen LogP contribution in [0.1, 0.15) is 4.88 Å². The van der Waals surface area contributed by atoms with Crippen LogP contribution in [0.2, 0.25) is 0 Å². The number of hydrogen-bond donors (Lipinski definition) is 1. The Kier molecular flexibility index (Phi) is 4.32. The second kappa shape index (κ2) is 5.82.